The fourth-order valence-corrected chi connectivity index (χ4v) is 4.64. The van der Waals surface area contributed by atoms with Gasteiger partial charge in [0.1, 0.15) is 0 Å². The van der Waals surface area contributed by atoms with E-state index in [1.165, 1.54) is 24.8 Å². The van der Waals surface area contributed by atoms with Crippen LogP contribution in [-0.2, 0) is 20.7 Å². The summed E-state index contributed by atoms with van der Waals surface area (Å²) in [6.45, 7) is 1.17. The van der Waals surface area contributed by atoms with Gasteiger partial charge in [-0.05, 0) is 53.8 Å². The second kappa shape index (κ2) is 9.65. The van der Waals surface area contributed by atoms with Crippen molar-refractivity contribution in [3.05, 3.63) is 82.0 Å². The summed E-state index contributed by atoms with van der Waals surface area (Å²) in [5, 5.41) is 7.34. The third-order valence-corrected chi connectivity index (χ3v) is 6.37. The fourth-order valence-electron chi connectivity index (χ4n) is 3.80. The van der Waals surface area contributed by atoms with E-state index in [4.69, 9.17) is 0 Å². The van der Waals surface area contributed by atoms with Crippen LogP contribution in [0.1, 0.15) is 26.8 Å². The molecule has 7 nitrogen and oxygen atoms in total. The average Bonchev–Trinajstić information content (AvgIpc) is 3.50. The van der Waals surface area contributed by atoms with Gasteiger partial charge in [-0.2, -0.15) is 0 Å². The van der Waals surface area contributed by atoms with Crippen LogP contribution in [-0.4, -0.2) is 38.0 Å². The molecular weight excluding hydrogens is 426 g/mol. The highest BCUT2D eigenvalue weighted by Crippen LogP contribution is 2.36. The van der Waals surface area contributed by atoms with Gasteiger partial charge in [-0.1, -0.05) is 24.3 Å². The summed E-state index contributed by atoms with van der Waals surface area (Å²) in [6, 6.07) is 18.4. The SMILES string of the molecule is COC(=O)c1ccc(NC(=O)C(=O)NCC(c2cccs2)N2CCc3ccccc32)cc1. The lowest BCUT2D eigenvalue weighted by atomic mass is 10.1. The number of amides is 2. The van der Waals surface area contributed by atoms with E-state index in [1.54, 1.807) is 23.5 Å². The number of esters is 1. The number of carbonyl (C=O) groups is 3. The molecule has 0 radical (unpaired) electrons. The number of methoxy groups -OCH3 is 1. The van der Waals surface area contributed by atoms with E-state index >= 15 is 0 Å². The van der Waals surface area contributed by atoms with Crippen molar-refractivity contribution in [3.8, 4) is 0 Å². The highest BCUT2D eigenvalue weighted by molar-refractivity contribution is 7.10. The first-order valence-electron chi connectivity index (χ1n) is 10.2. The van der Waals surface area contributed by atoms with E-state index in [0.717, 1.165) is 23.5 Å². The molecule has 1 aromatic heterocycles. The van der Waals surface area contributed by atoms with Crippen LogP contribution in [0.5, 0.6) is 0 Å². The van der Waals surface area contributed by atoms with Crippen molar-refractivity contribution < 1.29 is 19.1 Å². The Balaban J connectivity index is 1.40. The first kappa shape index (κ1) is 21.6. The van der Waals surface area contributed by atoms with E-state index in [0.29, 0.717) is 17.8 Å². The molecule has 0 saturated carbocycles. The summed E-state index contributed by atoms with van der Waals surface area (Å²) in [5.74, 6) is -1.94. The third kappa shape index (κ3) is 4.65. The number of nitrogens with zero attached hydrogens (tertiary/aromatic N) is 1. The molecule has 164 valence electrons. The molecule has 1 aliphatic rings. The summed E-state index contributed by atoms with van der Waals surface area (Å²) in [7, 11) is 1.30. The van der Waals surface area contributed by atoms with Gasteiger partial charge in [0.15, 0.2) is 0 Å². The molecule has 1 atom stereocenters. The molecule has 0 aliphatic carbocycles. The zero-order valence-electron chi connectivity index (χ0n) is 17.5. The van der Waals surface area contributed by atoms with E-state index in [1.807, 2.05) is 29.6 Å². The van der Waals surface area contributed by atoms with Gasteiger partial charge in [-0.25, -0.2) is 4.79 Å². The molecule has 2 aromatic carbocycles. The number of benzene rings is 2. The first-order chi connectivity index (χ1) is 15.6. The van der Waals surface area contributed by atoms with Crippen LogP contribution in [0.3, 0.4) is 0 Å². The molecule has 2 heterocycles. The lowest BCUT2D eigenvalue weighted by molar-refractivity contribution is -0.136. The Morgan fingerprint density at radius 2 is 1.81 bits per heavy atom. The number of carbonyl (C=O) groups excluding carboxylic acids is 3. The molecule has 1 unspecified atom stereocenters. The Kier molecular flexibility index (Phi) is 6.51. The van der Waals surface area contributed by atoms with Crippen molar-refractivity contribution in [2.75, 3.05) is 30.4 Å². The zero-order chi connectivity index (χ0) is 22.5. The highest BCUT2D eigenvalue weighted by atomic mass is 32.1. The molecule has 2 amide bonds. The molecule has 0 saturated heterocycles. The summed E-state index contributed by atoms with van der Waals surface area (Å²) in [5.41, 5.74) is 3.23. The fraction of sp³-hybridized carbons (Fsp3) is 0.208. The standard InChI is InChI=1S/C24H23N3O4S/c1-31-24(30)17-8-10-18(11-9-17)26-23(29)22(28)25-15-20(21-7-4-14-32-21)27-13-12-16-5-2-3-6-19(16)27/h2-11,14,20H,12-13,15H2,1H3,(H,25,28)(H,26,29). The maximum Gasteiger partial charge on any atom is 0.337 e. The van der Waals surface area contributed by atoms with E-state index in [9.17, 15) is 14.4 Å². The number of rotatable bonds is 6. The van der Waals surface area contributed by atoms with Crippen LogP contribution < -0.4 is 15.5 Å². The number of ether oxygens (including phenoxy) is 1. The van der Waals surface area contributed by atoms with Crippen LogP contribution in [0.2, 0.25) is 0 Å². The van der Waals surface area contributed by atoms with Crippen molar-refractivity contribution in [1.82, 2.24) is 5.32 Å². The monoisotopic (exact) mass is 449 g/mol. The van der Waals surface area contributed by atoms with Gasteiger partial charge >= 0.3 is 17.8 Å². The minimum absolute atomic E-state index is 0.0604. The number of anilines is 2. The minimum Gasteiger partial charge on any atom is -0.465 e. The van der Waals surface area contributed by atoms with E-state index in [2.05, 4.69) is 32.4 Å². The smallest absolute Gasteiger partial charge is 0.337 e. The minimum atomic E-state index is -0.762. The van der Waals surface area contributed by atoms with Gasteiger partial charge in [0, 0.05) is 29.3 Å². The molecule has 0 fully saturated rings. The van der Waals surface area contributed by atoms with Gasteiger partial charge in [0.25, 0.3) is 0 Å². The molecule has 0 spiro atoms. The van der Waals surface area contributed by atoms with E-state index in [-0.39, 0.29) is 6.04 Å². The molecular formula is C24H23N3O4S. The van der Waals surface area contributed by atoms with Crippen LogP contribution in [0, 0.1) is 0 Å². The van der Waals surface area contributed by atoms with Crippen molar-refractivity contribution in [2.24, 2.45) is 0 Å². The molecule has 3 aromatic rings. The Bertz CT molecular complexity index is 1110. The topological polar surface area (TPSA) is 87.7 Å². The summed E-state index contributed by atoms with van der Waals surface area (Å²) >= 11 is 1.63. The number of hydrogen-bond acceptors (Lipinski definition) is 6. The Hall–Kier alpha value is -3.65. The molecule has 8 heteroatoms. The van der Waals surface area contributed by atoms with Crippen molar-refractivity contribution in [1.29, 1.82) is 0 Å². The van der Waals surface area contributed by atoms with Gasteiger partial charge in [-0.3, -0.25) is 9.59 Å². The summed E-state index contributed by atoms with van der Waals surface area (Å²) in [4.78, 5) is 39.8. The quantitative estimate of drug-likeness (QED) is 0.445. The summed E-state index contributed by atoms with van der Waals surface area (Å²) in [6.07, 6.45) is 0.952. The number of hydrogen-bond donors (Lipinski definition) is 2. The lowest BCUT2D eigenvalue weighted by Gasteiger charge is -2.30. The predicted molar refractivity (Wildman–Crippen MR) is 124 cm³/mol. The predicted octanol–water partition coefficient (Wildman–Crippen LogP) is 3.39. The second-order valence-corrected chi connectivity index (χ2v) is 8.32. The normalized spacial score (nSPS) is 13.2. The highest BCUT2D eigenvalue weighted by Gasteiger charge is 2.28. The van der Waals surface area contributed by atoms with Crippen LogP contribution in [0.25, 0.3) is 0 Å². The van der Waals surface area contributed by atoms with Crippen LogP contribution >= 0.6 is 11.3 Å². The lowest BCUT2D eigenvalue weighted by Crippen LogP contribution is -2.41. The molecule has 32 heavy (non-hydrogen) atoms. The number of para-hydroxylation sites is 1. The Labute approximate surface area is 190 Å². The molecule has 0 bridgehead atoms. The van der Waals surface area contributed by atoms with Crippen molar-refractivity contribution >= 4 is 40.5 Å². The van der Waals surface area contributed by atoms with Crippen LogP contribution in [0.4, 0.5) is 11.4 Å². The number of thiophene rings is 1. The average molecular weight is 450 g/mol. The van der Waals surface area contributed by atoms with Crippen LogP contribution in [0.15, 0.2) is 66.0 Å². The summed E-state index contributed by atoms with van der Waals surface area (Å²) < 4.78 is 4.65. The van der Waals surface area contributed by atoms with Gasteiger partial charge in [0.2, 0.25) is 0 Å². The first-order valence-corrected chi connectivity index (χ1v) is 11.1. The van der Waals surface area contributed by atoms with E-state index < -0.39 is 17.8 Å². The van der Waals surface area contributed by atoms with Gasteiger partial charge in [0.05, 0.1) is 18.7 Å². The van der Waals surface area contributed by atoms with Gasteiger partial charge in [-0.15, -0.1) is 11.3 Å². The van der Waals surface area contributed by atoms with Crippen molar-refractivity contribution in [3.63, 3.8) is 0 Å². The third-order valence-electron chi connectivity index (χ3n) is 5.40. The molecule has 2 N–H and O–H groups in total. The molecule has 4 rings (SSSR count). The maximum absolute atomic E-state index is 12.5. The maximum atomic E-state index is 12.5. The zero-order valence-corrected chi connectivity index (χ0v) is 18.4. The van der Waals surface area contributed by atoms with Crippen molar-refractivity contribution in [2.45, 2.75) is 12.5 Å². The largest absolute Gasteiger partial charge is 0.465 e. The molecule has 1 aliphatic heterocycles. The Morgan fingerprint density at radius 3 is 2.53 bits per heavy atom. The Morgan fingerprint density at radius 1 is 1.03 bits per heavy atom. The number of nitrogens with one attached hydrogen (secondary N) is 2. The van der Waals surface area contributed by atoms with Gasteiger partial charge < -0.3 is 20.3 Å². The second-order valence-electron chi connectivity index (χ2n) is 7.34. The number of fused-ring (bicyclic) bond motifs is 1.